The van der Waals surface area contributed by atoms with Crippen LogP contribution in [0.15, 0.2) is 60.7 Å². The van der Waals surface area contributed by atoms with Gasteiger partial charge in [0.25, 0.3) is 5.91 Å². The van der Waals surface area contributed by atoms with Crippen molar-refractivity contribution in [3.8, 4) is 0 Å². The van der Waals surface area contributed by atoms with Crippen molar-refractivity contribution in [1.29, 1.82) is 0 Å². The molecule has 0 atom stereocenters. The highest BCUT2D eigenvalue weighted by molar-refractivity contribution is 5.92. The number of benzene rings is 2. The highest BCUT2D eigenvalue weighted by Crippen LogP contribution is 2.14. The Hall–Kier alpha value is -3.28. The van der Waals surface area contributed by atoms with Gasteiger partial charge in [0, 0.05) is 12.2 Å². The van der Waals surface area contributed by atoms with E-state index in [4.69, 9.17) is 0 Å². The zero-order valence-corrected chi connectivity index (χ0v) is 13.7. The van der Waals surface area contributed by atoms with E-state index in [2.05, 4.69) is 20.8 Å². The van der Waals surface area contributed by atoms with Crippen molar-refractivity contribution < 1.29 is 9.18 Å². The fourth-order valence-corrected chi connectivity index (χ4v) is 2.28. The van der Waals surface area contributed by atoms with Crippen LogP contribution in [0.25, 0.3) is 0 Å². The molecule has 0 aliphatic heterocycles. The van der Waals surface area contributed by atoms with Crippen LogP contribution in [0, 0.1) is 12.7 Å². The highest BCUT2D eigenvalue weighted by atomic mass is 19.1. The van der Waals surface area contributed by atoms with Crippen LogP contribution in [-0.2, 0) is 6.54 Å². The van der Waals surface area contributed by atoms with Gasteiger partial charge in [0.15, 0.2) is 11.5 Å². The molecule has 2 aromatic carbocycles. The summed E-state index contributed by atoms with van der Waals surface area (Å²) in [6.45, 7) is 2.43. The topological polar surface area (TPSA) is 66.9 Å². The maximum Gasteiger partial charge on any atom is 0.272 e. The van der Waals surface area contributed by atoms with Crippen molar-refractivity contribution >= 4 is 17.4 Å². The molecule has 0 bridgehead atoms. The van der Waals surface area contributed by atoms with Gasteiger partial charge >= 0.3 is 0 Å². The summed E-state index contributed by atoms with van der Waals surface area (Å²) in [6.07, 6.45) is 0. The van der Waals surface area contributed by atoms with E-state index in [-0.39, 0.29) is 17.4 Å². The molecule has 6 heteroatoms. The number of rotatable bonds is 5. The molecule has 126 valence electrons. The molecular weight excluding hydrogens is 319 g/mol. The summed E-state index contributed by atoms with van der Waals surface area (Å²) in [5.74, 6) is -0.122. The summed E-state index contributed by atoms with van der Waals surface area (Å²) in [6, 6.07) is 17.0. The highest BCUT2D eigenvalue weighted by Gasteiger charge is 2.09. The van der Waals surface area contributed by atoms with Crippen molar-refractivity contribution in [1.82, 2.24) is 15.5 Å². The Balaban J connectivity index is 1.60. The van der Waals surface area contributed by atoms with Gasteiger partial charge in [-0.25, -0.2) is 4.39 Å². The first-order valence-electron chi connectivity index (χ1n) is 7.81. The fourth-order valence-electron chi connectivity index (χ4n) is 2.28. The lowest BCUT2D eigenvalue weighted by molar-refractivity contribution is 0.0945. The molecule has 1 amide bonds. The maximum absolute atomic E-state index is 12.9. The minimum Gasteiger partial charge on any atom is -0.347 e. The molecule has 0 spiro atoms. The minimum absolute atomic E-state index is 0.234. The van der Waals surface area contributed by atoms with Crippen LogP contribution in [0.4, 0.5) is 15.9 Å². The average molecular weight is 336 g/mol. The number of hydrogen-bond acceptors (Lipinski definition) is 4. The number of carbonyl (C=O) groups excluding carboxylic acids is 1. The molecule has 0 radical (unpaired) electrons. The summed E-state index contributed by atoms with van der Waals surface area (Å²) >= 11 is 0. The third-order valence-electron chi connectivity index (χ3n) is 3.71. The number of halogens is 1. The van der Waals surface area contributed by atoms with Crippen molar-refractivity contribution in [2.75, 3.05) is 5.32 Å². The fraction of sp³-hybridized carbons (Fsp3) is 0.105. The van der Waals surface area contributed by atoms with Gasteiger partial charge in [-0.3, -0.25) is 4.79 Å². The minimum atomic E-state index is -0.308. The van der Waals surface area contributed by atoms with Crippen molar-refractivity contribution in [3.63, 3.8) is 0 Å². The summed E-state index contributed by atoms with van der Waals surface area (Å²) in [7, 11) is 0. The van der Waals surface area contributed by atoms with Gasteiger partial charge in [0.2, 0.25) is 0 Å². The van der Waals surface area contributed by atoms with Crippen molar-refractivity contribution in [2.45, 2.75) is 13.5 Å². The normalized spacial score (nSPS) is 10.3. The standard InChI is InChI=1S/C19H17FN4O/c1-13-4-2-3-5-14(13)12-21-19(25)17-10-11-18(24-23-17)22-16-8-6-15(20)7-9-16/h2-11H,12H2,1H3,(H,21,25)(H,22,24). The molecule has 1 heterocycles. The Morgan fingerprint density at radius 1 is 1.00 bits per heavy atom. The third kappa shape index (κ3) is 4.38. The summed E-state index contributed by atoms with van der Waals surface area (Å²) < 4.78 is 12.9. The van der Waals surface area contributed by atoms with Gasteiger partial charge in [-0.05, 0) is 54.4 Å². The monoisotopic (exact) mass is 336 g/mol. The molecular formula is C19H17FN4O. The number of amides is 1. The van der Waals surface area contributed by atoms with Crippen LogP contribution in [0.2, 0.25) is 0 Å². The Morgan fingerprint density at radius 2 is 1.76 bits per heavy atom. The number of nitrogens with one attached hydrogen (secondary N) is 2. The lowest BCUT2D eigenvalue weighted by Crippen LogP contribution is -2.24. The van der Waals surface area contributed by atoms with Crippen LogP contribution in [0.3, 0.4) is 0 Å². The zero-order chi connectivity index (χ0) is 17.6. The van der Waals surface area contributed by atoms with Gasteiger partial charge in [0.1, 0.15) is 5.82 Å². The van der Waals surface area contributed by atoms with Crippen LogP contribution in [0.5, 0.6) is 0 Å². The van der Waals surface area contributed by atoms with Gasteiger partial charge in [-0.15, -0.1) is 10.2 Å². The lowest BCUT2D eigenvalue weighted by Gasteiger charge is -2.08. The Kier molecular flexibility index (Phi) is 4.99. The SMILES string of the molecule is Cc1ccccc1CNC(=O)c1ccc(Nc2ccc(F)cc2)nn1. The Labute approximate surface area is 144 Å². The molecule has 25 heavy (non-hydrogen) atoms. The number of aryl methyl sites for hydroxylation is 1. The van der Waals surface area contributed by atoms with Crippen molar-refractivity contribution in [2.24, 2.45) is 0 Å². The second kappa shape index (κ2) is 7.53. The first-order valence-corrected chi connectivity index (χ1v) is 7.81. The Bertz CT molecular complexity index is 863. The predicted molar refractivity (Wildman–Crippen MR) is 94.1 cm³/mol. The maximum atomic E-state index is 12.9. The largest absolute Gasteiger partial charge is 0.347 e. The number of aromatic nitrogens is 2. The number of nitrogens with zero attached hydrogens (tertiary/aromatic N) is 2. The molecule has 0 aliphatic rings. The molecule has 1 aromatic heterocycles. The molecule has 2 N–H and O–H groups in total. The molecule has 0 fully saturated rings. The second-order valence-corrected chi connectivity index (χ2v) is 5.54. The Morgan fingerprint density at radius 3 is 2.44 bits per heavy atom. The second-order valence-electron chi connectivity index (χ2n) is 5.54. The molecule has 0 unspecified atom stereocenters. The molecule has 3 rings (SSSR count). The quantitative estimate of drug-likeness (QED) is 0.747. The molecule has 0 saturated carbocycles. The van der Waals surface area contributed by atoms with E-state index in [1.54, 1.807) is 24.3 Å². The molecule has 3 aromatic rings. The van der Waals surface area contributed by atoms with E-state index in [0.29, 0.717) is 18.1 Å². The van der Waals surface area contributed by atoms with E-state index >= 15 is 0 Å². The van der Waals surface area contributed by atoms with Crippen molar-refractivity contribution in [3.05, 3.63) is 83.3 Å². The number of hydrogen-bond donors (Lipinski definition) is 2. The first-order chi connectivity index (χ1) is 12.1. The van der Waals surface area contributed by atoms with E-state index in [0.717, 1.165) is 11.1 Å². The molecule has 0 saturated heterocycles. The number of anilines is 2. The smallest absolute Gasteiger partial charge is 0.272 e. The zero-order valence-electron chi connectivity index (χ0n) is 13.7. The van der Waals surface area contributed by atoms with E-state index in [9.17, 15) is 9.18 Å². The van der Waals surface area contributed by atoms with Gasteiger partial charge in [-0.2, -0.15) is 0 Å². The van der Waals surface area contributed by atoms with Gasteiger partial charge in [0.05, 0.1) is 0 Å². The predicted octanol–water partition coefficient (Wildman–Crippen LogP) is 3.60. The summed E-state index contributed by atoms with van der Waals surface area (Å²) in [5.41, 5.74) is 3.09. The van der Waals surface area contributed by atoms with Crippen LogP contribution in [-0.4, -0.2) is 16.1 Å². The van der Waals surface area contributed by atoms with E-state index < -0.39 is 0 Å². The molecule has 0 aliphatic carbocycles. The lowest BCUT2D eigenvalue weighted by atomic mass is 10.1. The van der Waals surface area contributed by atoms with E-state index in [1.807, 2.05) is 31.2 Å². The van der Waals surface area contributed by atoms with Gasteiger partial charge in [-0.1, -0.05) is 24.3 Å². The summed E-state index contributed by atoms with van der Waals surface area (Å²) in [4.78, 5) is 12.2. The van der Waals surface area contributed by atoms with Crippen LogP contribution in [0.1, 0.15) is 21.6 Å². The van der Waals surface area contributed by atoms with Gasteiger partial charge < -0.3 is 10.6 Å². The first kappa shape index (κ1) is 16.6. The average Bonchev–Trinajstić information content (AvgIpc) is 2.63. The van der Waals surface area contributed by atoms with E-state index in [1.165, 1.54) is 12.1 Å². The molecule has 5 nitrogen and oxygen atoms in total. The van der Waals surface area contributed by atoms with Crippen LogP contribution < -0.4 is 10.6 Å². The summed E-state index contributed by atoms with van der Waals surface area (Å²) in [5, 5.41) is 13.7. The van der Waals surface area contributed by atoms with Crippen LogP contribution >= 0.6 is 0 Å². The number of carbonyl (C=O) groups is 1. The third-order valence-corrected chi connectivity index (χ3v) is 3.71.